The first-order valence-electron chi connectivity index (χ1n) is 9.78. The van der Waals surface area contributed by atoms with Crippen LogP contribution in [0, 0.1) is 13.8 Å². The highest BCUT2D eigenvalue weighted by Crippen LogP contribution is 2.40. The number of carbonyl (C=O) groups excluding carboxylic acids is 1. The minimum absolute atomic E-state index is 0.239. The van der Waals surface area contributed by atoms with E-state index in [-0.39, 0.29) is 5.56 Å². The van der Waals surface area contributed by atoms with Gasteiger partial charge in [-0.15, -0.1) is 0 Å². The molecule has 2 N–H and O–H groups in total. The lowest BCUT2D eigenvalue weighted by Crippen LogP contribution is -2.46. The van der Waals surface area contributed by atoms with E-state index in [2.05, 4.69) is 15.3 Å². The molecule has 2 aromatic heterocycles. The van der Waals surface area contributed by atoms with E-state index < -0.39 is 36.5 Å². The smallest absolute Gasteiger partial charge is 0.374 e. The van der Waals surface area contributed by atoms with Gasteiger partial charge in [-0.1, -0.05) is 17.8 Å². The van der Waals surface area contributed by atoms with Crippen LogP contribution in [-0.2, 0) is 12.6 Å². The van der Waals surface area contributed by atoms with E-state index in [0.717, 1.165) is 20.6 Å². The molecule has 0 fully saturated rings. The van der Waals surface area contributed by atoms with Crippen molar-refractivity contribution in [1.29, 1.82) is 0 Å². The molecule has 0 aliphatic carbocycles. The van der Waals surface area contributed by atoms with E-state index in [1.165, 1.54) is 31.2 Å². The molecule has 0 spiro atoms. The number of amides is 1. The standard InChI is InChI=1S/C22H23F3N4O2S/c1-14-6-7-16(13-15(14)2)32-19-17(5-4-9-27-19)18(30)26-10-8-21(31,22(23,24)25)20-28-11-12-29(20)3/h4-7,9,11-13,31H,8,10H2,1-3H3,(H,26,30). The molecule has 0 saturated heterocycles. The van der Waals surface area contributed by atoms with Crippen LogP contribution >= 0.6 is 11.8 Å². The predicted octanol–water partition coefficient (Wildman–Crippen LogP) is 4.15. The van der Waals surface area contributed by atoms with Crippen molar-refractivity contribution in [2.45, 2.75) is 42.0 Å². The van der Waals surface area contributed by atoms with Crippen LogP contribution in [0.3, 0.4) is 0 Å². The molecule has 170 valence electrons. The maximum atomic E-state index is 13.6. The number of aryl methyl sites for hydroxylation is 3. The number of carbonyl (C=O) groups is 1. The fourth-order valence-electron chi connectivity index (χ4n) is 3.13. The number of alkyl halides is 3. The van der Waals surface area contributed by atoms with E-state index >= 15 is 0 Å². The second-order valence-electron chi connectivity index (χ2n) is 7.43. The number of rotatable bonds is 7. The zero-order valence-electron chi connectivity index (χ0n) is 17.8. The van der Waals surface area contributed by atoms with E-state index in [4.69, 9.17) is 0 Å². The molecule has 0 aliphatic rings. The molecule has 3 rings (SSSR count). The summed E-state index contributed by atoms with van der Waals surface area (Å²) in [6.07, 6.45) is -1.71. The van der Waals surface area contributed by atoms with Gasteiger partial charge >= 0.3 is 6.18 Å². The molecular formula is C22H23F3N4O2S. The van der Waals surface area contributed by atoms with Gasteiger partial charge in [0.2, 0.25) is 5.60 Å². The fraction of sp³-hybridized carbons (Fsp3) is 0.318. The molecule has 0 saturated carbocycles. The predicted molar refractivity (Wildman–Crippen MR) is 114 cm³/mol. The van der Waals surface area contributed by atoms with E-state index in [1.54, 1.807) is 18.3 Å². The third-order valence-electron chi connectivity index (χ3n) is 5.14. The van der Waals surface area contributed by atoms with Gasteiger partial charge in [-0.3, -0.25) is 4.79 Å². The quantitative estimate of drug-likeness (QED) is 0.549. The summed E-state index contributed by atoms with van der Waals surface area (Å²) >= 11 is 1.29. The number of aromatic nitrogens is 3. The Morgan fingerprint density at radius 3 is 2.53 bits per heavy atom. The highest BCUT2D eigenvalue weighted by atomic mass is 32.2. The Balaban J connectivity index is 1.74. The third kappa shape index (κ3) is 4.97. The number of benzene rings is 1. The lowest BCUT2D eigenvalue weighted by atomic mass is 9.97. The van der Waals surface area contributed by atoms with Crippen LogP contribution in [0.5, 0.6) is 0 Å². The van der Waals surface area contributed by atoms with Crippen LogP contribution in [0.25, 0.3) is 0 Å². The average molecular weight is 465 g/mol. The number of pyridine rings is 1. The van der Waals surface area contributed by atoms with Crippen molar-refractivity contribution >= 4 is 17.7 Å². The summed E-state index contributed by atoms with van der Waals surface area (Å²) in [5.74, 6) is -1.11. The SMILES string of the molecule is Cc1ccc(Sc2ncccc2C(=O)NCCC(O)(c2nccn2C)C(F)(F)F)cc1C. The second kappa shape index (κ2) is 9.33. The Kier molecular flexibility index (Phi) is 6.94. The van der Waals surface area contributed by atoms with Gasteiger partial charge in [-0.2, -0.15) is 13.2 Å². The molecule has 1 amide bonds. The minimum Gasteiger partial charge on any atom is -0.374 e. The molecule has 10 heteroatoms. The zero-order chi connectivity index (χ0) is 23.5. The first kappa shape index (κ1) is 23.8. The number of hydrogen-bond donors (Lipinski definition) is 2. The average Bonchev–Trinajstić information content (AvgIpc) is 3.16. The van der Waals surface area contributed by atoms with Crippen LogP contribution < -0.4 is 5.32 Å². The minimum atomic E-state index is -4.96. The lowest BCUT2D eigenvalue weighted by molar-refractivity contribution is -0.272. The van der Waals surface area contributed by atoms with Crippen molar-refractivity contribution in [3.05, 3.63) is 71.4 Å². The molecule has 0 bridgehead atoms. The van der Waals surface area contributed by atoms with E-state index in [0.29, 0.717) is 5.03 Å². The lowest BCUT2D eigenvalue weighted by Gasteiger charge is -2.30. The summed E-state index contributed by atoms with van der Waals surface area (Å²) in [5.41, 5.74) is -0.719. The molecule has 0 aliphatic heterocycles. The van der Waals surface area contributed by atoms with Crippen molar-refractivity contribution < 1.29 is 23.1 Å². The Bertz CT molecular complexity index is 1120. The van der Waals surface area contributed by atoms with E-state index in [1.807, 2.05) is 32.0 Å². The van der Waals surface area contributed by atoms with Gasteiger partial charge in [0.25, 0.3) is 5.91 Å². The summed E-state index contributed by atoms with van der Waals surface area (Å²) in [4.78, 5) is 21.5. The number of aliphatic hydroxyl groups is 1. The van der Waals surface area contributed by atoms with Crippen molar-refractivity contribution in [2.75, 3.05) is 6.54 Å². The first-order valence-corrected chi connectivity index (χ1v) is 10.6. The Labute approximate surface area is 187 Å². The molecule has 0 radical (unpaired) electrons. The van der Waals surface area contributed by atoms with Gasteiger partial charge in [0.05, 0.1) is 5.56 Å². The monoisotopic (exact) mass is 464 g/mol. The number of halogens is 3. The molecule has 3 aromatic rings. The summed E-state index contributed by atoms with van der Waals surface area (Å²) < 4.78 is 42.0. The van der Waals surface area contributed by atoms with Gasteiger partial charge in [-0.05, 0) is 49.2 Å². The van der Waals surface area contributed by atoms with Crippen molar-refractivity contribution in [3.8, 4) is 0 Å². The van der Waals surface area contributed by atoms with Gasteiger partial charge < -0.3 is 15.0 Å². The summed E-state index contributed by atoms with van der Waals surface area (Å²) in [6.45, 7) is 3.57. The third-order valence-corrected chi connectivity index (χ3v) is 6.15. The van der Waals surface area contributed by atoms with Gasteiger partial charge in [0.1, 0.15) is 10.9 Å². The Morgan fingerprint density at radius 2 is 1.91 bits per heavy atom. The molecule has 1 atom stereocenters. The number of hydrogen-bond acceptors (Lipinski definition) is 5. The highest BCUT2D eigenvalue weighted by Gasteiger charge is 2.57. The fourth-order valence-corrected chi connectivity index (χ4v) is 4.11. The number of nitrogens with zero attached hydrogens (tertiary/aromatic N) is 3. The van der Waals surface area contributed by atoms with Gasteiger partial charge in [0, 0.05) is 43.5 Å². The van der Waals surface area contributed by atoms with Crippen LogP contribution in [0.1, 0.15) is 33.7 Å². The van der Waals surface area contributed by atoms with Crippen molar-refractivity contribution in [2.24, 2.45) is 7.05 Å². The topological polar surface area (TPSA) is 80.0 Å². The molecule has 32 heavy (non-hydrogen) atoms. The van der Waals surface area contributed by atoms with Crippen LogP contribution in [0.4, 0.5) is 13.2 Å². The maximum Gasteiger partial charge on any atom is 0.424 e. The van der Waals surface area contributed by atoms with Crippen molar-refractivity contribution in [3.63, 3.8) is 0 Å². The zero-order valence-corrected chi connectivity index (χ0v) is 18.6. The molecule has 1 aromatic carbocycles. The maximum absolute atomic E-state index is 13.6. The van der Waals surface area contributed by atoms with Crippen LogP contribution in [0.2, 0.25) is 0 Å². The summed E-state index contributed by atoms with van der Waals surface area (Å²) in [6, 6.07) is 9.00. The molecule has 1 unspecified atom stereocenters. The second-order valence-corrected chi connectivity index (χ2v) is 8.49. The molecule has 2 heterocycles. The molecular weight excluding hydrogens is 441 g/mol. The van der Waals surface area contributed by atoms with Crippen LogP contribution in [0.15, 0.2) is 58.8 Å². The normalized spacial score (nSPS) is 13.6. The van der Waals surface area contributed by atoms with E-state index in [9.17, 15) is 23.1 Å². The number of imidazole rings is 1. The van der Waals surface area contributed by atoms with Gasteiger partial charge in [0.15, 0.2) is 0 Å². The van der Waals surface area contributed by atoms with Gasteiger partial charge in [-0.25, -0.2) is 9.97 Å². The number of nitrogens with one attached hydrogen (secondary N) is 1. The summed E-state index contributed by atoms with van der Waals surface area (Å²) in [5, 5.41) is 13.3. The highest BCUT2D eigenvalue weighted by molar-refractivity contribution is 7.99. The Morgan fingerprint density at radius 1 is 1.16 bits per heavy atom. The molecule has 6 nitrogen and oxygen atoms in total. The van der Waals surface area contributed by atoms with Crippen molar-refractivity contribution in [1.82, 2.24) is 19.9 Å². The Hall–Kier alpha value is -2.85. The summed E-state index contributed by atoms with van der Waals surface area (Å²) in [7, 11) is 1.36. The first-order chi connectivity index (χ1) is 15.0. The largest absolute Gasteiger partial charge is 0.424 e. The van der Waals surface area contributed by atoms with Crippen LogP contribution in [-0.4, -0.2) is 38.3 Å².